The molecule has 0 aliphatic heterocycles. The Morgan fingerprint density at radius 1 is 1.39 bits per heavy atom. The van der Waals surface area contributed by atoms with E-state index in [1.54, 1.807) is 0 Å². The zero-order valence-corrected chi connectivity index (χ0v) is 11.9. The van der Waals surface area contributed by atoms with Gasteiger partial charge in [-0.2, -0.15) is 0 Å². The van der Waals surface area contributed by atoms with Crippen LogP contribution >= 0.6 is 15.9 Å². The van der Waals surface area contributed by atoms with E-state index < -0.39 is 21.7 Å². The van der Waals surface area contributed by atoms with Gasteiger partial charge in [-0.3, -0.25) is 4.79 Å². The predicted octanol–water partition coefficient (Wildman–Crippen LogP) is 0.867. The van der Waals surface area contributed by atoms with Gasteiger partial charge in [-0.25, -0.2) is 17.5 Å². The van der Waals surface area contributed by atoms with Crippen LogP contribution in [-0.2, 0) is 10.0 Å². The maximum atomic E-state index is 12.8. The van der Waals surface area contributed by atoms with Crippen LogP contribution in [0.25, 0.3) is 0 Å². The lowest BCUT2D eigenvalue weighted by atomic mass is 10.2. The van der Waals surface area contributed by atoms with Gasteiger partial charge in [0.15, 0.2) is 0 Å². The van der Waals surface area contributed by atoms with Crippen molar-refractivity contribution in [2.75, 3.05) is 19.3 Å². The van der Waals surface area contributed by atoms with Gasteiger partial charge in [0.25, 0.3) is 5.91 Å². The first-order chi connectivity index (χ1) is 8.29. The molecule has 5 nitrogen and oxygen atoms in total. The van der Waals surface area contributed by atoms with E-state index >= 15 is 0 Å². The number of nitrogens with one attached hydrogen (secondary N) is 2. The molecule has 0 saturated carbocycles. The molecule has 1 aromatic carbocycles. The minimum atomic E-state index is -3.26. The molecule has 0 atom stereocenters. The van der Waals surface area contributed by atoms with Gasteiger partial charge < -0.3 is 5.32 Å². The number of carbonyl (C=O) groups excluding carboxylic acids is 1. The quantitative estimate of drug-likeness (QED) is 0.782. The molecule has 0 aliphatic rings. The van der Waals surface area contributed by atoms with Crippen LogP contribution in [0.2, 0.25) is 0 Å². The van der Waals surface area contributed by atoms with Crippen LogP contribution in [0.5, 0.6) is 0 Å². The van der Waals surface area contributed by atoms with Crippen LogP contribution < -0.4 is 10.0 Å². The zero-order valence-electron chi connectivity index (χ0n) is 9.54. The predicted molar refractivity (Wildman–Crippen MR) is 69.3 cm³/mol. The van der Waals surface area contributed by atoms with Crippen LogP contribution in [0.3, 0.4) is 0 Å². The van der Waals surface area contributed by atoms with E-state index in [9.17, 15) is 17.6 Å². The summed E-state index contributed by atoms with van der Waals surface area (Å²) in [6, 6.07) is 3.71. The van der Waals surface area contributed by atoms with Gasteiger partial charge in [0.1, 0.15) is 5.82 Å². The number of halogens is 2. The maximum Gasteiger partial charge on any atom is 0.252 e. The molecule has 1 rings (SSSR count). The maximum absolute atomic E-state index is 12.8. The third-order valence-corrected chi connectivity index (χ3v) is 3.34. The summed E-state index contributed by atoms with van der Waals surface area (Å²) < 4.78 is 36.9. The summed E-state index contributed by atoms with van der Waals surface area (Å²) in [5.74, 6) is -0.852. The highest BCUT2D eigenvalue weighted by Gasteiger charge is 2.10. The standard InChI is InChI=1S/C10H12BrFN2O3S/c1-18(16,17)14-5-4-13-10(15)8-3-2-7(12)6-9(8)11/h2-3,6,14H,4-5H2,1H3,(H,13,15). The van der Waals surface area contributed by atoms with Crippen molar-refractivity contribution < 1.29 is 17.6 Å². The van der Waals surface area contributed by atoms with E-state index in [0.29, 0.717) is 4.47 Å². The summed E-state index contributed by atoms with van der Waals surface area (Å²) >= 11 is 3.08. The summed E-state index contributed by atoms with van der Waals surface area (Å²) in [6.07, 6.45) is 1.03. The number of benzene rings is 1. The highest BCUT2D eigenvalue weighted by Crippen LogP contribution is 2.17. The largest absolute Gasteiger partial charge is 0.351 e. The van der Waals surface area contributed by atoms with E-state index in [1.807, 2.05) is 0 Å². The van der Waals surface area contributed by atoms with Gasteiger partial charge in [0, 0.05) is 17.6 Å². The van der Waals surface area contributed by atoms with Gasteiger partial charge in [0.05, 0.1) is 11.8 Å². The molecule has 1 amide bonds. The molecule has 0 heterocycles. The van der Waals surface area contributed by atoms with E-state index in [1.165, 1.54) is 18.2 Å². The monoisotopic (exact) mass is 338 g/mol. The van der Waals surface area contributed by atoms with Crippen molar-refractivity contribution in [1.29, 1.82) is 0 Å². The fourth-order valence-electron chi connectivity index (χ4n) is 1.18. The van der Waals surface area contributed by atoms with Crippen LogP contribution in [0, 0.1) is 5.82 Å². The van der Waals surface area contributed by atoms with E-state index in [0.717, 1.165) is 6.26 Å². The molecule has 1 aromatic rings. The highest BCUT2D eigenvalue weighted by molar-refractivity contribution is 9.10. The molecule has 18 heavy (non-hydrogen) atoms. The third kappa shape index (κ3) is 5.11. The molecule has 0 spiro atoms. The molecule has 0 saturated heterocycles. The van der Waals surface area contributed by atoms with Crippen LogP contribution in [0.1, 0.15) is 10.4 Å². The smallest absolute Gasteiger partial charge is 0.252 e. The Balaban J connectivity index is 2.51. The average molecular weight is 339 g/mol. The Hall–Kier alpha value is -0.990. The summed E-state index contributed by atoms with van der Waals surface area (Å²) in [7, 11) is -3.26. The molecule has 0 aromatic heterocycles. The van der Waals surface area contributed by atoms with Gasteiger partial charge in [0.2, 0.25) is 10.0 Å². The topological polar surface area (TPSA) is 75.3 Å². The van der Waals surface area contributed by atoms with Gasteiger partial charge in [-0.05, 0) is 34.1 Å². The SMILES string of the molecule is CS(=O)(=O)NCCNC(=O)c1ccc(F)cc1Br. The molecule has 0 bridgehead atoms. The normalized spacial score (nSPS) is 11.3. The summed E-state index contributed by atoms with van der Waals surface area (Å²) in [6.45, 7) is 0.249. The first-order valence-corrected chi connectivity index (χ1v) is 7.66. The summed E-state index contributed by atoms with van der Waals surface area (Å²) in [5.41, 5.74) is 0.288. The Kier molecular flexibility index (Phi) is 5.24. The molecule has 8 heteroatoms. The first kappa shape index (κ1) is 15.1. The number of amides is 1. The van der Waals surface area contributed by atoms with Crippen LogP contribution in [0.4, 0.5) is 4.39 Å². The molecule has 0 radical (unpaired) electrons. The van der Waals surface area contributed by atoms with Crippen molar-refractivity contribution in [3.05, 3.63) is 34.1 Å². The van der Waals surface area contributed by atoms with Gasteiger partial charge in [-0.15, -0.1) is 0 Å². The summed E-state index contributed by atoms with van der Waals surface area (Å²) in [5, 5.41) is 2.51. The molecular weight excluding hydrogens is 327 g/mol. The molecule has 2 N–H and O–H groups in total. The van der Waals surface area contributed by atoms with Crippen molar-refractivity contribution in [2.45, 2.75) is 0 Å². The Morgan fingerprint density at radius 2 is 2.06 bits per heavy atom. The molecule has 0 unspecified atom stereocenters. The molecular formula is C10H12BrFN2O3S. The minimum Gasteiger partial charge on any atom is -0.351 e. The second-order valence-corrected chi connectivity index (χ2v) is 6.23. The van der Waals surface area contributed by atoms with Crippen molar-refractivity contribution in [3.63, 3.8) is 0 Å². The van der Waals surface area contributed by atoms with Crippen molar-refractivity contribution >= 4 is 31.9 Å². The number of hydrogen-bond donors (Lipinski definition) is 2. The number of rotatable bonds is 5. The number of carbonyl (C=O) groups is 1. The fraction of sp³-hybridized carbons (Fsp3) is 0.300. The van der Waals surface area contributed by atoms with E-state index in [-0.39, 0.29) is 18.7 Å². The second kappa shape index (κ2) is 6.26. The van der Waals surface area contributed by atoms with Crippen LogP contribution in [-0.4, -0.2) is 33.7 Å². The lowest BCUT2D eigenvalue weighted by Gasteiger charge is -2.07. The lowest BCUT2D eigenvalue weighted by Crippen LogP contribution is -2.34. The van der Waals surface area contributed by atoms with Crippen molar-refractivity contribution in [3.8, 4) is 0 Å². The van der Waals surface area contributed by atoms with Crippen LogP contribution in [0.15, 0.2) is 22.7 Å². The average Bonchev–Trinajstić information content (AvgIpc) is 2.22. The van der Waals surface area contributed by atoms with Crippen molar-refractivity contribution in [1.82, 2.24) is 10.0 Å². The number of hydrogen-bond acceptors (Lipinski definition) is 3. The third-order valence-electron chi connectivity index (χ3n) is 1.95. The Morgan fingerprint density at radius 3 is 2.61 bits per heavy atom. The second-order valence-electron chi connectivity index (χ2n) is 3.55. The molecule has 0 aliphatic carbocycles. The van der Waals surface area contributed by atoms with Gasteiger partial charge in [-0.1, -0.05) is 0 Å². The summed E-state index contributed by atoms with van der Waals surface area (Å²) in [4.78, 5) is 11.7. The van der Waals surface area contributed by atoms with E-state index in [4.69, 9.17) is 0 Å². The van der Waals surface area contributed by atoms with Crippen molar-refractivity contribution in [2.24, 2.45) is 0 Å². The molecule has 0 fully saturated rings. The minimum absolute atomic E-state index is 0.101. The fourth-order valence-corrected chi connectivity index (χ4v) is 2.19. The first-order valence-electron chi connectivity index (χ1n) is 4.97. The molecule has 100 valence electrons. The van der Waals surface area contributed by atoms with Gasteiger partial charge >= 0.3 is 0 Å². The Labute approximate surface area is 113 Å². The highest BCUT2D eigenvalue weighted by atomic mass is 79.9. The number of sulfonamides is 1. The zero-order chi connectivity index (χ0) is 13.8. The Bertz CT molecular complexity index is 548. The lowest BCUT2D eigenvalue weighted by molar-refractivity contribution is 0.0953. The van der Waals surface area contributed by atoms with E-state index in [2.05, 4.69) is 26.0 Å².